The zero-order valence-electron chi connectivity index (χ0n) is 12.2. The molecular formula is C15H24N2O2S. The summed E-state index contributed by atoms with van der Waals surface area (Å²) < 4.78 is 27.2. The van der Waals surface area contributed by atoms with Crippen LogP contribution in [0.4, 0.5) is 5.69 Å². The van der Waals surface area contributed by atoms with E-state index in [0.717, 1.165) is 18.5 Å². The number of hydrogen-bond acceptors (Lipinski definition) is 3. The largest absolute Gasteiger partial charge is 0.381 e. The molecule has 1 aromatic rings. The third kappa shape index (κ3) is 3.73. The van der Waals surface area contributed by atoms with Crippen molar-refractivity contribution < 1.29 is 8.42 Å². The van der Waals surface area contributed by atoms with Gasteiger partial charge < -0.3 is 5.32 Å². The van der Waals surface area contributed by atoms with Crippen molar-refractivity contribution in [1.29, 1.82) is 0 Å². The first-order valence-corrected chi connectivity index (χ1v) is 8.92. The van der Waals surface area contributed by atoms with Crippen LogP contribution < -0.4 is 10.0 Å². The van der Waals surface area contributed by atoms with E-state index >= 15 is 0 Å². The minimum absolute atomic E-state index is 0.357. The predicted octanol–water partition coefficient (Wildman–Crippen LogP) is 2.98. The summed E-state index contributed by atoms with van der Waals surface area (Å²) in [5.41, 5.74) is 0.722. The summed E-state index contributed by atoms with van der Waals surface area (Å²) in [7, 11) is -3.41. The molecule has 1 fully saturated rings. The van der Waals surface area contributed by atoms with Gasteiger partial charge in [0.1, 0.15) is 4.90 Å². The molecule has 1 saturated carbocycles. The maximum absolute atomic E-state index is 12.3. The predicted molar refractivity (Wildman–Crippen MR) is 82.3 cm³/mol. The molecule has 1 aromatic carbocycles. The molecule has 0 spiro atoms. The molecule has 2 unspecified atom stereocenters. The van der Waals surface area contributed by atoms with Gasteiger partial charge in [-0.1, -0.05) is 32.4 Å². The average Bonchev–Trinajstić information content (AvgIpc) is 3.15. The topological polar surface area (TPSA) is 58.2 Å². The van der Waals surface area contributed by atoms with Crippen LogP contribution in [-0.2, 0) is 10.0 Å². The van der Waals surface area contributed by atoms with Crippen LogP contribution in [0.25, 0.3) is 0 Å². The lowest BCUT2D eigenvalue weighted by Gasteiger charge is -2.13. The second-order valence-electron chi connectivity index (χ2n) is 5.43. The summed E-state index contributed by atoms with van der Waals surface area (Å²) in [5, 5.41) is 3.38. The van der Waals surface area contributed by atoms with Gasteiger partial charge in [-0.05, 0) is 37.3 Å². The Balaban J connectivity index is 2.11. The molecule has 0 amide bonds. The molecule has 0 aliphatic heterocycles. The van der Waals surface area contributed by atoms with Gasteiger partial charge >= 0.3 is 0 Å². The van der Waals surface area contributed by atoms with E-state index in [1.807, 2.05) is 19.1 Å². The summed E-state index contributed by atoms with van der Waals surface area (Å²) in [4.78, 5) is 0.357. The summed E-state index contributed by atoms with van der Waals surface area (Å²) >= 11 is 0. The van der Waals surface area contributed by atoms with Crippen LogP contribution in [0.1, 0.15) is 39.5 Å². The first kappa shape index (κ1) is 15.3. The van der Waals surface area contributed by atoms with Crippen molar-refractivity contribution in [2.24, 2.45) is 5.92 Å². The Morgan fingerprint density at radius 2 is 1.95 bits per heavy atom. The Kier molecular flexibility index (Phi) is 5.05. The van der Waals surface area contributed by atoms with Crippen LogP contribution in [0.2, 0.25) is 0 Å². The quantitative estimate of drug-likeness (QED) is 0.775. The molecule has 4 nitrogen and oxygen atoms in total. The van der Waals surface area contributed by atoms with Crippen molar-refractivity contribution in [3.8, 4) is 0 Å². The smallest absolute Gasteiger partial charge is 0.242 e. The second kappa shape index (κ2) is 6.59. The maximum Gasteiger partial charge on any atom is 0.242 e. The van der Waals surface area contributed by atoms with E-state index in [-0.39, 0.29) is 0 Å². The fraction of sp³-hybridized carbons (Fsp3) is 0.600. The molecule has 0 heterocycles. The van der Waals surface area contributed by atoms with E-state index < -0.39 is 10.0 Å². The summed E-state index contributed by atoms with van der Waals surface area (Å²) in [6.45, 7) is 4.60. The molecule has 20 heavy (non-hydrogen) atoms. The average molecular weight is 296 g/mol. The van der Waals surface area contributed by atoms with Crippen LogP contribution in [0.3, 0.4) is 0 Å². The molecule has 0 bridgehead atoms. The van der Waals surface area contributed by atoms with Crippen molar-refractivity contribution in [1.82, 2.24) is 4.72 Å². The lowest BCUT2D eigenvalue weighted by atomic mass is 10.2. The van der Waals surface area contributed by atoms with E-state index in [9.17, 15) is 8.42 Å². The Morgan fingerprint density at radius 3 is 2.65 bits per heavy atom. The zero-order chi connectivity index (χ0) is 14.6. The van der Waals surface area contributed by atoms with E-state index in [4.69, 9.17) is 0 Å². The molecule has 0 saturated heterocycles. The molecule has 2 rings (SSSR count). The molecule has 112 valence electrons. The number of para-hydroxylation sites is 1. The SMILES string of the molecule is CCCNS(=O)(=O)c1ccccc1NC1CC1CCC. The lowest BCUT2D eigenvalue weighted by Crippen LogP contribution is -2.25. The van der Waals surface area contributed by atoms with Crippen molar-refractivity contribution in [2.75, 3.05) is 11.9 Å². The number of sulfonamides is 1. The summed E-state index contributed by atoms with van der Waals surface area (Å²) in [5.74, 6) is 0.694. The highest BCUT2D eigenvalue weighted by Crippen LogP contribution is 2.38. The Bertz CT molecular complexity index is 543. The number of anilines is 1. The van der Waals surface area contributed by atoms with Crippen molar-refractivity contribution >= 4 is 15.7 Å². The molecule has 1 aliphatic rings. The number of hydrogen-bond donors (Lipinski definition) is 2. The normalized spacial score (nSPS) is 21.7. The lowest BCUT2D eigenvalue weighted by molar-refractivity contribution is 0.581. The van der Waals surface area contributed by atoms with Crippen LogP contribution in [-0.4, -0.2) is 21.0 Å². The maximum atomic E-state index is 12.3. The number of rotatable bonds is 8. The summed E-state index contributed by atoms with van der Waals surface area (Å²) in [6, 6.07) is 7.58. The second-order valence-corrected chi connectivity index (χ2v) is 7.16. The standard InChI is InChI=1S/C15H24N2O2S/c1-3-7-12-11-14(12)17-13-8-5-6-9-15(13)20(18,19)16-10-4-2/h5-6,8-9,12,14,16-17H,3-4,7,10-11H2,1-2H3. The Labute approximate surface area is 122 Å². The Hall–Kier alpha value is -1.07. The van der Waals surface area contributed by atoms with Crippen molar-refractivity contribution in [2.45, 2.75) is 50.5 Å². The van der Waals surface area contributed by atoms with Gasteiger partial charge in [-0.3, -0.25) is 0 Å². The first-order valence-electron chi connectivity index (χ1n) is 7.43. The number of benzene rings is 1. The van der Waals surface area contributed by atoms with Crippen molar-refractivity contribution in [3.05, 3.63) is 24.3 Å². The van der Waals surface area contributed by atoms with E-state index in [2.05, 4.69) is 17.0 Å². The fourth-order valence-electron chi connectivity index (χ4n) is 2.45. The minimum Gasteiger partial charge on any atom is -0.381 e. The monoisotopic (exact) mass is 296 g/mol. The first-order chi connectivity index (χ1) is 9.58. The van der Waals surface area contributed by atoms with Crippen LogP contribution in [0, 0.1) is 5.92 Å². The zero-order valence-corrected chi connectivity index (χ0v) is 13.0. The van der Waals surface area contributed by atoms with Crippen LogP contribution in [0.15, 0.2) is 29.2 Å². The Morgan fingerprint density at radius 1 is 1.20 bits per heavy atom. The molecule has 0 aromatic heterocycles. The molecule has 1 aliphatic carbocycles. The third-order valence-corrected chi connectivity index (χ3v) is 5.16. The molecular weight excluding hydrogens is 272 g/mol. The third-order valence-electron chi connectivity index (χ3n) is 3.64. The van der Waals surface area contributed by atoms with E-state index in [1.54, 1.807) is 12.1 Å². The van der Waals surface area contributed by atoms with Crippen LogP contribution in [0.5, 0.6) is 0 Å². The van der Waals surface area contributed by atoms with Crippen LogP contribution >= 0.6 is 0 Å². The van der Waals surface area contributed by atoms with Gasteiger partial charge in [0.05, 0.1) is 5.69 Å². The molecule has 2 atom stereocenters. The van der Waals surface area contributed by atoms with Gasteiger partial charge in [0.15, 0.2) is 0 Å². The minimum atomic E-state index is -3.41. The molecule has 0 radical (unpaired) electrons. The van der Waals surface area contributed by atoms with Gasteiger partial charge in [0, 0.05) is 12.6 Å². The van der Waals surface area contributed by atoms with Gasteiger partial charge in [0.25, 0.3) is 0 Å². The molecule has 2 N–H and O–H groups in total. The highest BCUT2D eigenvalue weighted by Gasteiger charge is 2.36. The van der Waals surface area contributed by atoms with Gasteiger partial charge in [0.2, 0.25) is 10.0 Å². The summed E-state index contributed by atoms with van der Waals surface area (Å²) in [6.07, 6.45) is 4.32. The van der Waals surface area contributed by atoms with E-state index in [1.165, 1.54) is 12.8 Å². The highest BCUT2D eigenvalue weighted by molar-refractivity contribution is 7.89. The van der Waals surface area contributed by atoms with Gasteiger partial charge in [-0.15, -0.1) is 0 Å². The van der Waals surface area contributed by atoms with Gasteiger partial charge in [-0.2, -0.15) is 0 Å². The van der Waals surface area contributed by atoms with Gasteiger partial charge in [-0.25, -0.2) is 13.1 Å². The highest BCUT2D eigenvalue weighted by atomic mass is 32.2. The van der Waals surface area contributed by atoms with Crippen molar-refractivity contribution in [3.63, 3.8) is 0 Å². The van der Waals surface area contributed by atoms with E-state index in [0.29, 0.717) is 23.4 Å². The fourth-order valence-corrected chi connectivity index (χ4v) is 3.75. The molecule has 5 heteroatoms. The number of nitrogens with one attached hydrogen (secondary N) is 2.